The van der Waals surface area contributed by atoms with E-state index in [0.29, 0.717) is 11.3 Å². The van der Waals surface area contributed by atoms with Crippen molar-refractivity contribution in [1.82, 2.24) is 10.2 Å². The molecule has 212 valence electrons. The van der Waals surface area contributed by atoms with Crippen molar-refractivity contribution in [3.05, 3.63) is 64.7 Å². The van der Waals surface area contributed by atoms with Gasteiger partial charge in [0.25, 0.3) is 5.91 Å². The molecule has 0 aromatic heterocycles. The van der Waals surface area contributed by atoms with E-state index in [-0.39, 0.29) is 0 Å². The number of carbonyl (C=O) groups excluding carboxylic acids is 4. The first-order chi connectivity index (χ1) is 17.9. The quantitative estimate of drug-likeness (QED) is 0.449. The van der Waals surface area contributed by atoms with E-state index in [1.54, 1.807) is 47.6 Å². The minimum absolute atomic E-state index is 0.434. The molecule has 0 aliphatic rings. The van der Waals surface area contributed by atoms with Crippen LogP contribution in [-0.2, 0) is 19.1 Å². The highest BCUT2D eigenvalue weighted by atomic mass is 16.6. The van der Waals surface area contributed by atoms with E-state index in [9.17, 15) is 19.2 Å². The Morgan fingerprint density at radius 1 is 0.923 bits per heavy atom. The lowest BCUT2D eigenvalue weighted by molar-refractivity contribution is -0.147. The SMILES string of the molecule is Cc1ccc(C)c(C(C(=O)Nc2ccccc2C)N(C(=O)C(CC(N)=O)NC(=O)OC(C)(C)C)C(C)(C)C)c1. The second-order valence-corrected chi connectivity index (χ2v) is 11.8. The summed E-state index contributed by atoms with van der Waals surface area (Å²) < 4.78 is 5.33. The number of nitrogens with two attached hydrogens (primary N) is 1. The second kappa shape index (κ2) is 12.3. The van der Waals surface area contributed by atoms with Crippen LogP contribution in [0.15, 0.2) is 42.5 Å². The van der Waals surface area contributed by atoms with E-state index in [4.69, 9.17) is 10.5 Å². The lowest BCUT2D eigenvalue weighted by atomic mass is 9.91. The Kier molecular flexibility index (Phi) is 9.90. The fraction of sp³-hybridized carbons (Fsp3) is 0.467. The van der Waals surface area contributed by atoms with Crippen LogP contribution in [0.4, 0.5) is 10.5 Å². The molecule has 0 aliphatic carbocycles. The summed E-state index contributed by atoms with van der Waals surface area (Å²) in [5, 5.41) is 5.48. The maximum atomic E-state index is 14.2. The van der Waals surface area contributed by atoms with Crippen molar-refractivity contribution >= 4 is 29.5 Å². The van der Waals surface area contributed by atoms with Gasteiger partial charge in [0.2, 0.25) is 11.8 Å². The number of anilines is 1. The number of aryl methyl sites for hydroxylation is 3. The number of hydrogen-bond acceptors (Lipinski definition) is 5. The zero-order chi connectivity index (χ0) is 29.7. The standard InChI is InChI=1S/C30H42N4O5/c1-18-14-15-19(2)21(16-18)25(26(36)32-22-13-11-10-12-20(22)3)34(29(4,5)6)27(37)23(17-24(31)35)33-28(38)39-30(7,8)9/h10-16,23,25H,17H2,1-9H3,(H2,31,35)(H,32,36)(H,33,38). The number of primary amides is 1. The number of para-hydroxylation sites is 1. The number of carbonyl (C=O) groups is 4. The summed E-state index contributed by atoms with van der Waals surface area (Å²) in [6.07, 6.45) is -1.34. The van der Waals surface area contributed by atoms with Gasteiger partial charge in [0.1, 0.15) is 17.7 Å². The molecule has 39 heavy (non-hydrogen) atoms. The molecule has 0 saturated carbocycles. The normalized spacial score (nSPS) is 13.2. The predicted octanol–water partition coefficient (Wildman–Crippen LogP) is 4.69. The Bertz CT molecular complexity index is 1230. The van der Waals surface area contributed by atoms with Crippen LogP contribution >= 0.6 is 0 Å². The number of hydrogen-bond donors (Lipinski definition) is 3. The molecule has 0 fully saturated rings. The van der Waals surface area contributed by atoms with Crippen molar-refractivity contribution in [1.29, 1.82) is 0 Å². The number of benzene rings is 2. The van der Waals surface area contributed by atoms with Gasteiger partial charge in [-0.25, -0.2) is 4.79 Å². The molecule has 0 bridgehead atoms. The van der Waals surface area contributed by atoms with Crippen LogP contribution < -0.4 is 16.4 Å². The Hall–Kier alpha value is -3.88. The van der Waals surface area contributed by atoms with E-state index >= 15 is 0 Å². The molecule has 2 aromatic carbocycles. The summed E-state index contributed by atoms with van der Waals surface area (Å²) in [4.78, 5) is 54.3. The van der Waals surface area contributed by atoms with Crippen molar-refractivity contribution in [2.45, 2.75) is 92.0 Å². The number of nitrogens with one attached hydrogen (secondary N) is 2. The third-order valence-electron chi connectivity index (χ3n) is 5.99. The summed E-state index contributed by atoms with van der Waals surface area (Å²) in [7, 11) is 0. The summed E-state index contributed by atoms with van der Waals surface area (Å²) in [6, 6.07) is 10.6. The highest BCUT2D eigenvalue weighted by Crippen LogP contribution is 2.33. The zero-order valence-corrected chi connectivity index (χ0v) is 24.5. The predicted molar refractivity (Wildman–Crippen MR) is 152 cm³/mol. The zero-order valence-electron chi connectivity index (χ0n) is 24.5. The largest absolute Gasteiger partial charge is 0.444 e. The van der Waals surface area contributed by atoms with E-state index in [0.717, 1.165) is 16.7 Å². The highest BCUT2D eigenvalue weighted by Gasteiger charge is 2.43. The Balaban J connectivity index is 2.67. The molecule has 2 atom stereocenters. The monoisotopic (exact) mass is 538 g/mol. The van der Waals surface area contributed by atoms with Crippen molar-refractivity contribution < 1.29 is 23.9 Å². The van der Waals surface area contributed by atoms with Crippen molar-refractivity contribution in [2.24, 2.45) is 5.73 Å². The molecular formula is C30H42N4O5. The number of rotatable bonds is 8. The van der Waals surface area contributed by atoms with Crippen LogP contribution in [0.2, 0.25) is 0 Å². The van der Waals surface area contributed by atoms with Gasteiger partial charge in [0.15, 0.2) is 0 Å². The molecule has 0 spiro atoms. The maximum absolute atomic E-state index is 14.2. The molecule has 9 heteroatoms. The van der Waals surface area contributed by atoms with Crippen molar-refractivity contribution in [2.75, 3.05) is 5.32 Å². The smallest absolute Gasteiger partial charge is 0.408 e. The number of alkyl carbamates (subject to hydrolysis) is 1. The third kappa shape index (κ3) is 8.84. The van der Waals surface area contributed by atoms with E-state index in [1.807, 2.05) is 57.2 Å². The van der Waals surface area contributed by atoms with Crippen LogP contribution in [0.1, 0.15) is 76.3 Å². The minimum Gasteiger partial charge on any atom is -0.444 e. The first kappa shape index (κ1) is 31.3. The number of nitrogens with zero attached hydrogens (tertiary/aromatic N) is 1. The lowest BCUT2D eigenvalue weighted by Gasteiger charge is -2.43. The number of ether oxygens (including phenoxy) is 1. The van der Waals surface area contributed by atoms with Crippen molar-refractivity contribution in [3.8, 4) is 0 Å². The van der Waals surface area contributed by atoms with Crippen LogP contribution in [-0.4, -0.2) is 45.9 Å². The van der Waals surface area contributed by atoms with Crippen LogP contribution in [0, 0.1) is 20.8 Å². The van der Waals surface area contributed by atoms with Gasteiger partial charge in [-0.1, -0.05) is 42.0 Å². The molecule has 0 saturated heterocycles. The van der Waals surface area contributed by atoms with Gasteiger partial charge in [-0.15, -0.1) is 0 Å². The minimum atomic E-state index is -1.35. The molecule has 0 radical (unpaired) electrons. The van der Waals surface area contributed by atoms with Gasteiger partial charge in [-0.05, 0) is 85.1 Å². The summed E-state index contributed by atoms with van der Waals surface area (Å²) in [6.45, 7) is 16.1. The fourth-order valence-electron chi connectivity index (χ4n) is 4.23. The molecular weight excluding hydrogens is 496 g/mol. The fourth-order valence-corrected chi connectivity index (χ4v) is 4.23. The Morgan fingerprint density at radius 3 is 2.08 bits per heavy atom. The molecule has 0 aliphatic heterocycles. The van der Waals surface area contributed by atoms with Crippen LogP contribution in [0.5, 0.6) is 0 Å². The van der Waals surface area contributed by atoms with Gasteiger partial charge in [0.05, 0.1) is 6.42 Å². The first-order valence-corrected chi connectivity index (χ1v) is 13.0. The topological polar surface area (TPSA) is 131 Å². The van der Waals surface area contributed by atoms with Crippen molar-refractivity contribution in [3.63, 3.8) is 0 Å². The molecule has 2 unspecified atom stereocenters. The lowest BCUT2D eigenvalue weighted by Crippen LogP contribution is -2.58. The summed E-state index contributed by atoms with van der Waals surface area (Å²) in [5.41, 5.74) is 7.54. The van der Waals surface area contributed by atoms with Gasteiger partial charge >= 0.3 is 6.09 Å². The summed E-state index contributed by atoms with van der Waals surface area (Å²) >= 11 is 0. The average molecular weight is 539 g/mol. The number of amides is 4. The second-order valence-electron chi connectivity index (χ2n) is 11.8. The first-order valence-electron chi connectivity index (χ1n) is 13.0. The molecule has 4 N–H and O–H groups in total. The molecule has 0 heterocycles. The van der Waals surface area contributed by atoms with Gasteiger partial charge in [0, 0.05) is 11.2 Å². The highest BCUT2D eigenvalue weighted by molar-refractivity contribution is 6.00. The van der Waals surface area contributed by atoms with Crippen LogP contribution in [0.25, 0.3) is 0 Å². The maximum Gasteiger partial charge on any atom is 0.408 e. The summed E-state index contributed by atoms with van der Waals surface area (Å²) in [5.74, 6) is -1.86. The molecule has 2 aromatic rings. The molecule has 2 rings (SSSR count). The van der Waals surface area contributed by atoms with E-state index < -0.39 is 53.5 Å². The molecule has 9 nitrogen and oxygen atoms in total. The van der Waals surface area contributed by atoms with Gasteiger partial charge in [-0.3, -0.25) is 14.4 Å². The van der Waals surface area contributed by atoms with Gasteiger partial charge in [-0.2, -0.15) is 0 Å². The van der Waals surface area contributed by atoms with E-state index in [1.165, 1.54) is 4.90 Å². The van der Waals surface area contributed by atoms with E-state index in [2.05, 4.69) is 10.6 Å². The van der Waals surface area contributed by atoms with Crippen LogP contribution in [0.3, 0.4) is 0 Å². The average Bonchev–Trinajstić information content (AvgIpc) is 2.77. The Morgan fingerprint density at radius 2 is 1.54 bits per heavy atom. The Labute approximate surface area is 231 Å². The third-order valence-corrected chi connectivity index (χ3v) is 5.99. The van der Waals surface area contributed by atoms with Gasteiger partial charge < -0.3 is 26.0 Å². The molecule has 4 amide bonds.